The van der Waals surface area contributed by atoms with Crippen molar-refractivity contribution < 1.29 is 18.0 Å². The summed E-state index contributed by atoms with van der Waals surface area (Å²) < 4.78 is 39.8. The number of alkyl halides is 3. The van der Waals surface area contributed by atoms with E-state index in [1.54, 1.807) is 17.0 Å². The quantitative estimate of drug-likeness (QED) is 0.768. The maximum atomic E-state index is 12.8. The molecule has 0 radical (unpaired) electrons. The highest BCUT2D eigenvalue weighted by atomic mass is 35.5. The molecule has 0 atom stereocenters. The molecule has 0 saturated heterocycles. The zero-order chi connectivity index (χ0) is 18.0. The zero-order valence-corrected chi connectivity index (χ0v) is 13.1. The minimum Gasteiger partial charge on any atom is -0.319 e. The normalized spacial score (nSPS) is 11.4. The Hall–Kier alpha value is -2.94. The van der Waals surface area contributed by atoms with Gasteiger partial charge in [-0.2, -0.15) is 13.2 Å². The Balaban J connectivity index is 1.80. The van der Waals surface area contributed by atoms with E-state index in [1.165, 1.54) is 18.5 Å². The Morgan fingerprint density at radius 2 is 1.96 bits per heavy atom. The van der Waals surface area contributed by atoms with Crippen molar-refractivity contribution in [2.75, 3.05) is 5.32 Å². The first-order valence-electron chi connectivity index (χ1n) is 6.85. The fraction of sp³-hybridized carbons (Fsp3) is 0.0667. The molecule has 6 nitrogen and oxygen atoms in total. The molecule has 3 rings (SSSR count). The molecule has 10 heteroatoms. The molecule has 0 saturated carbocycles. The number of anilines is 1. The topological polar surface area (TPSA) is 72.7 Å². The van der Waals surface area contributed by atoms with Crippen molar-refractivity contribution in [1.29, 1.82) is 0 Å². The molecule has 3 aromatic rings. The van der Waals surface area contributed by atoms with Gasteiger partial charge in [0.1, 0.15) is 6.33 Å². The molecule has 1 amide bonds. The summed E-state index contributed by atoms with van der Waals surface area (Å²) in [5.41, 5.74) is -1.16. The number of imidazole rings is 1. The predicted molar refractivity (Wildman–Crippen MR) is 83.6 cm³/mol. The van der Waals surface area contributed by atoms with Gasteiger partial charge in [0.15, 0.2) is 11.5 Å². The van der Waals surface area contributed by atoms with E-state index in [1.807, 2.05) is 0 Å². The minimum absolute atomic E-state index is 0.0238. The average Bonchev–Trinajstić information content (AvgIpc) is 3.10. The van der Waals surface area contributed by atoms with E-state index in [9.17, 15) is 18.0 Å². The smallest absolute Gasteiger partial charge is 0.319 e. The zero-order valence-electron chi connectivity index (χ0n) is 12.3. The maximum absolute atomic E-state index is 12.8. The minimum atomic E-state index is -4.55. The number of nitrogens with one attached hydrogen (secondary N) is 1. The number of nitrogens with zero attached hydrogens (tertiary/aromatic N) is 4. The number of hydrogen-bond acceptors (Lipinski definition) is 4. The van der Waals surface area contributed by atoms with Crippen LogP contribution in [0.4, 0.5) is 18.9 Å². The van der Waals surface area contributed by atoms with Crippen LogP contribution in [-0.2, 0) is 6.18 Å². The van der Waals surface area contributed by atoms with E-state index in [2.05, 4.69) is 20.5 Å². The Kier molecular flexibility index (Phi) is 4.41. The van der Waals surface area contributed by atoms with Crippen LogP contribution in [0.5, 0.6) is 0 Å². The number of carbonyl (C=O) groups is 1. The lowest BCUT2D eigenvalue weighted by molar-refractivity contribution is -0.137. The Labute approximate surface area is 144 Å². The predicted octanol–water partition coefficient (Wildman–Crippen LogP) is 3.59. The number of rotatable bonds is 3. The largest absolute Gasteiger partial charge is 0.416 e. The van der Waals surface area contributed by atoms with Gasteiger partial charge in [-0.05, 0) is 30.3 Å². The summed E-state index contributed by atoms with van der Waals surface area (Å²) in [4.78, 5) is 16.0. The van der Waals surface area contributed by atoms with Crippen LogP contribution in [0.1, 0.15) is 16.1 Å². The third kappa shape index (κ3) is 3.77. The lowest BCUT2D eigenvalue weighted by Crippen LogP contribution is -2.16. The fourth-order valence-corrected chi connectivity index (χ4v) is 2.13. The summed E-state index contributed by atoms with van der Waals surface area (Å²) in [5.74, 6) is -0.294. The molecule has 0 spiro atoms. The van der Waals surface area contributed by atoms with Crippen molar-refractivity contribution in [3.05, 3.63) is 65.3 Å². The Morgan fingerprint density at radius 3 is 2.56 bits per heavy atom. The molecule has 0 aliphatic rings. The van der Waals surface area contributed by atoms with Gasteiger partial charge in [-0.1, -0.05) is 11.6 Å². The lowest BCUT2D eigenvalue weighted by Gasteiger charge is -2.11. The Bertz CT molecular complexity index is 895. The highest BCUT2D eigenvalue weighted by molar-refractivity contribution is 6.33. The van der Waals surface area contributed by atoms with Crippen molar-refractivity contribution in [2.24, 2.45) is 0 Å². The first kappa shape index (κ1) is 16.9. The first-order valence-corrected chi connectivity index (χ1v) is 7.22. The molecule has 0 fully saturated rings. The van der Waals surface area contributed by atoms with Crippen LogP contribution in [-0.4, -0.2) is 25.7 Å². The Morgan fingerprint density at radius 1 is 1.16 bits per heavy atom. The molecule has 0 bridgehead atoms. The first-order chi connectivity index (χ1) is 11.8. The lowest BCUT2D eigenvalue weighted by atomic mass is 10.2. The molecule has 25 heavy (non-hydrogen) atoms. The number of amides is 1. The van der Waals surface area contributed by atoms with E-state index in [0.717, 1.165) is 18.2 Å². The van der Waals surface area contributed by atoms with Gasteiger partial charge >= 0.3 is 6.18 Å². The number of hydrogen-bond donors (Lipinski definition) is 1. The van der Waals surface area contributed by atoms with Gasteiger partial charge < -0.3 is 5.32 Å². The summed E-state index contributed by atoms with van der Waals surface area (Å²) in [7, 11) is 0. The third-order valence-electron chi connectivity index (χ3n) is 3.19. The molecule has 2 aromatic heterocycles. The number of benzene rings is 1. The summed E-state index contributed by atoms with van der Waals surface area (Å²) in [5, 5.41) is 9.89. The summed E-state index contributed by atoms with van der Waals surface area (Å²) in [6.45, 7) is 0. The molecule has 1 N–H and O–H groups in total. The van der Waals surface area contributed by atoms with Gasteiger partial charge in [0.05, 0.1) is 16.3 Å². The van der Waals surface area contributed by atoms with Crippen LogP contribution in [0, 0.1) is 0 Å². The molecular weight excluding hydrogens is 359 g/mol. The summed E-state index contributed by atoms with van der Waals surface area (Å²) >= 11 is 5.84. The molecule has 0 unspecified atom stereocenters. The maximum Gasteiger partial charge on any atom is 0.416 e. The SMILES string of the molecule is O=C(Nc1cc(C(F)(F)F)ccc1Cl)c1ccc(-n2ccnc2)nn1. The number of halogens is 4. The van der Waals surface area contributed by atoms with Gasteiger partial charge in [0.2, 0.25) is 0 Å². The van der Waals surface area contributed by atoms with E-state index < -0.39 is 17.6 Å². The summed E-state index contributed by atoms with van der Waals surface area (Å²) in [6, 6.07) is 5.57. The third-order valence-corrected chi connectivity index (χ3v) is 3.52. The summed E-state index contributed by atoms with van der Waals surface area (Å²) in [6.07, 6.45) is 0.159. The number of carbonyl (C=O) groups excluding carboxylic acids is 1. The van der Waals surface area contributed by atoms with Crippen LogP contribution < -0.4 is 5.32 Å². The van der Waals surface area contributed by atoms with Crippen LogP contribution >= 0.6 is 11.6 Å². The number of aromatic nitrogens is 4. The van der Waals surface area contributed by atoms with E-state index in [0.29, 0.717) is 5.82 Å². The van der Waals surface area contributed by atoms with Gasteiger partial charge in [0.25, 0.3) is 5.91 Å². The van der Waals surface area contributed by atoms with Gasteiger partial charge in [-0.3, -0.25) is 9.36 Å². The van der Waals surface area contributed by atoms with Crippen LogP contribution in [0.2, 0.25) is 5.02 Å². The van der Waals surface area contributed by atoms with E-state index in [4.69, 9.17) is 11.6 Å². The monoisotopic (exact) mass is 367 g/mol. The van der Waals surface area contributed by atoms with Crippen molar-refractivity contribution in [3.8, 4) is 5.82 Å². The van der Waals surface area contributed by atoms with Crippen molar-refractivity contribution in [2.45, 2.75) is 6.18 Å². The second-order valence-corrected chi connectivity index (χ2v) is 5.30. The molecule has 0 aliphatic carbocycles. The molecule has 1 aromatic carbocycles. The molecule has 2 heterocycles. The molecular formula is C15H9ClF3N5O. The molecule has 0 aliphatic heterocycles. The van der Waals surface area contributed by atoms with Crippen molar-refractivity contribution in [3.63, 3.8) is 0 Å². The van der Waals surface area contributed by atoms with Gasteiger partial charge in [0, 0.05) is 12.4 Å². The van der Waals surface area contributed by atoms with Crippen LogP contribution in [0.25, 0.3) is 5.82 Å². The van der Waals surface area contributed by atoms with Crippen LogP contribution in [0.15, 0.2) is 49.1 Å². The second kappa shape index (κ2) is 6.52. The van der Waals surface area contributed by atoms with E-state index in [-0.39, 0.29) is 16.4 Å². The van der Waals surface area contributed by atoms with Crippen molar-refractivity contribution >= 4 is 23.2 Å². The second-order valence-electron chi connectivity index (χ2n) is 4.89. The highest BCUT2D eigenvalue weighted by Gasteiger charge is 2.31. The van der Waals surface area contributed by atoms with Gasteiger partial charge in [-0.25, -0.2) is 4.98 Å². The van der Waals surface area contributed by atoms with Crippen LogP contribution in [0.3, 0.4) is 0 Å². The molecule has 128 valence electrons. The average molecular weight is 368 g/mol. The standard InChI is InChI=1S/C15H9ClF3N5O/c16-10-2-1-9(15(17,18)19)7-12(10)21-14(25)11-3-4-13(23-22-11)24-6-5-20-8-24/h1-8H,(H,21,25). The highest BCUT2D eigenvalue weighted by Crippen LogP contribution is 2.33. The van der Waals surface area contributed by atoms with E-state index >= 15 is 0 Å². The fourth-order valence-electron chi connectivity index (χ4n) is 1.96. The van der Waals surface area contributed by atoms with Crippen molar-refractivity contribution in [1.82, 2.24) is 19.7 Å². The van der Waals surface area contributed by atoms with Gasteiger partial charge in [-0.15, -0.1) is 10.2 Å².